The zero-order chi connectivity index (χ0) is 89.9. The molecule has 12 saturated heterocycles. The Kier molecular flexibility index (Phi) is 73.1. The number of hydrogen-bond acceptors (Lipinski definition) is 31. The van der Waals surface area contributed by atoms with Gasteiger partial charge in [-0.3, -0.25) is 20.8 Å². The fourth-order valence-electron chi connectivity index (χ4n) is 10.9. The van der Waals surface area contributed by atoms with Crippen molar-refractivity contribution in [3.8, 4) is 11.5 Å². The minimum Gasteiger partial charge on any atom is -0.502 e. The van der Waals surface area contributed by atoms with Crippen molar-refractivity contribution in [1.82, 2.24) is 53.2 Å². The van der Waals surface area contributed by atoms with Crippen molar-refractivity contribution < 1.29 is 52.3 Å². The van der Waals surface area contributed by atoms with Gasteiger partial charge in [-0.2, -0.15) is 34.1 Å². The van der Waals surface area contributed by atoms with Gasteiger partial charge in [-0.15, -0.1) is 0 Å². The summed E-state index contributed by atoms with van der Waals surface area (Å²) in [6.07, 6.45) is 62.1. The normalized spacial score (nSPS) is 19.8. The molecule has 23 heterocycles. The summed E-state index contributed by atoms with van der Waals surface area (Å²) in [6.45, 7) is 30.4. The maximum Gasteiger partial charge on any atom is 0.150 e. The van der Waals surface area contributed by atoms with Crippen LogP contribution in [-0.4, -0.2) is 255 Å². The Morgan fingerprint density at radius 1 is 0.426 bits per heavy atom. The summed E-state index contributed by atoms with van der Waals surface area (Å²) < 4.78 is 44.1. The Labute approximate surface area is 788 Å². The van der Waals surface area contributed by atoms with Crippen molar-refractivity contribution in [2.75, 3.05) is 236 Å². The molecule has 27 nitrogen and oxygen atoms in total. The highest BCUT2D eigenvalue weighted by atomic mass is 33.1. The minimum atomic E-state index is 0.500. The molecule has 129 heavy (non-hydrogen) atoms. The topological polar surface area (TPSA) is 300 Å². The molecular formula is C98H152N16O11S4. The number of nitrogens with one attached hydrogen (secondary N) is 11. The molecule has 0 aromatic heterocycles. The molecule has 0 spiro atoms. The summed E-state index contributed by atoms with van der Waals surface area (Å²) in [4.78, 5) is 19.3. The minimum absolute atomic E-state index is 0.500. The number of epoxide rings is 1. The molecule has 714 valence electrons. The summed E-state index contributed by atoms with van der Waals surface area (Å²) in [7, 11) is 3.98. The molecule has 11 N–H and O–H groups in total. The first kappa shape index (κ1) is 110. The number of oxime groups is 1. The lowest BCUT2D eigenvalue weighted by atomic mass is 10.2. The highest BCUT2D eigenvalue weighted by Gasteiger charge is 2.15. The summed E-state index contributed by atoms with van der Waals surface area (Å²) >= 11 is 4.07. The average Bonchev–Trinajstić information content (AvgIpc) is 1.79. The first-order chi connectivity index (χ1) is 64.3. The van der Waals surface area contributed by atoms with Gasteiger partial charge >= 0.3 is 0 Å². The zero-order valence-electron chi connectivity index (χ0n) is 76.5. The van der Waals surface area contributed by atoms with E-state index in [1.807, 2.05) is 167 Å². The third-order valence-corrected chi connectivity index (χ3v) is 23.5. The van der Waals surface area contributed by atoms with Crippen molar-refractivity contribution in [2.45, 2.75) is 109 Å². The molecule has 0 saturated carbocycles. The molecular weight excluding hydrogens is 1710 g/mol. The van der Waals surface area contributed by atoms with Crippen LogP contribution in [0.25, 0.3) is 0 Å². The van der Waals surface area contributed by atoms with Gasteiger partial charge in [-0.1, -0.05) is 118 Å². The van der Waals surface area contributed by atoms with Crippen LogP contribution in [0, 0.1) is 0 Å². The molecule has 0 amide bonds. The second-order valence-corrected chi connectivity index (χ2v) is 34.7. The number of fused-ring (bicyclic) bond motifs is 5. The van der Waals surface area contributed by atoms with Crippen molar-refractivity contribution in [1.29, 1.82) is 0 Å². The van der Waals surface area contributed by atoms with Crippen LogP contribution in [0.1, 0.15) is 107 Å². The van der Waals surface area contributed by atoms with E-state index < -0.39 is 0 Å². The lowest BCUT2D eigenvalue weighted by Gasteiger charge is -2.23. The maximum atomic E-state index is 5.71. The number of para-hydroxylation sites is 6. The second kappa shape index (κ2) is 85.7. The molecule has 0 aliphatic carbocycles. The van der Waals surface area contributed by atoms with Crippen LogP contribution in [0.3, 0.4) is 0 Å². The molecule has 23 aliphatic heterocycles. The van der Waals surface area contributed by atoms with Crippen molar-refractivity contribution in [3.63, 3.8) is 0 Å². The average molecular weight is 1860 g/mol. The molecule has 23 aliphatic rings. The molecule has 0 radical (unpaired) electrons. The Morgan fingerprint density at radius 3 is 1.43 bits per heavy atom. The molecule has 31 heteroatoms. The van der Waals surface area contributed by atoms with Crippen LogP contribution in [-0.2, 0) is 60.4 Å². The van der Waals surface area contributed by atoms with E-state index in [2.05, 4.69) is 172 Å². The summed E-state index contributed by atoms with van der Waals surface area (Å²) in [5.41, 5.74) is 19.9. The fourth-order valence-corrected chi connectivity index (χ4v) is 15.6. The van der Waals surface area contributed by atoms with E-state index in [9.17, 15) is 0 Å². The van der Waals surface area contributed by atoms with Gasteiger partial charge in [0.25, 0.3) is 0 Å². The molecule has 27 rings (SSSR count). The van der Waals surface area contributed by atoms with Crippen molar-refractivity contribution >= 4 is 92.7 Å². The largest absolute Gasteiger partial charge is 0.502 e. The smallest absolute Gasteiger partial charge is 0.150 e. The SMILES string of the molecule is C1=CCN2C=CC=CC2=C1.C1=CCN=C1.C1=CCOC=C1.C1=COCCC1.C1=CONC1.C1=NNCC1.C1=NOCC1.C1=Nc2ccccc2C1.C1CCNC1.C1CCOC1.C1CCOCC1.C1CN1.C1CNC1.C1CNCN1.C1CNNC1.C1CO1.C1COC1.C1COCO1.C1CSCS1.C1CSSC1.c1ccc2c(c1)CCN2.c1ccc2c(c1)Nc1ccccc1O2. The predicted molar refractivity (Wildman–Crippen MR) is 546 cm³/mol. The van der Waals surface area contributed by atoms with Crippen LogP contribution < -0.4 is 63.7 Å². The number of aliphatic imine (C=N–C) groups is 2. The number of thioether (sulfide) groups is 2. The van der Waals surface area contributed by atoms with E-state index in [0.29, 0.717) is 6.79 Å². The van der Waals surface area contributed by atoms with E-state index in [-0.39, 0.29) is 0 Å². The Morgan fingerprint density at radius 2 is 1.08 bits per heavy atom. The molecule has 0 atom stereocenters. The number of allylic oxidation sites excluding steroid dienone is 9. The number of hydrazone groups is 1. The molecule has 0 unspecified atom stereocenters. The van der Waals surface area contributed by atoms with Crippen LogP contribution in [0.4, 0.5) is 22.7 Å². The number of rotatable bonds is 0. The third kappa shape index (κ3) is 68.0. The van der Waals surface area contributed by atoms with Gasteiger partial charge in [-0.05, 0) is 212 Å². The Bertz CT molecular complexity index is 3310. The number of hydrogen-bond donors (Lipinski definition) is 11. The van der Waals surface area contributed by atoms with Gasteiger partial charge in [0.15, 0.2) is 11.5 Å². The number of hydrazine groups is 1. The van der Waals surface area contributed by atoms with Gasteiger partial charge in [0, 0.05) is 195 Å². The van der Waals surface area contributed by atoms with Gasteiger partial charge < -0.3 is 99.9 Å². The van der Waals surface area contributed by atoms with Crippen LogP contribution >= 0.6 is 45.1 Å². The summed E-state index contributed by atoms with van der Waals surface area (Å²) in [5, 5.41) is 30.7. The molecule has 0 bridgehead atoms. The van der Waals surface area contributed by atoms with Gasteiger partial charge in [0.2, 0.25) is 0 Å². The second-order valence-electron chi connectivity index (χ2n) is 29.4. The lowest BCUT2D eigenvalue weighted by molar-refractivity contribution is 0.0367. The van der Waals surface area contributed by atoms with Crippen LogP contribution in [0.2, 0.25) is 0 Å². The third-order valence-electron chi connectivity index (χ3n) is 18.4. The van der Waals surface area contributed by atoms with Crippen LogP contribution in [0.15, 0.2) is 227 Å². The number of hydroxylamine groups is 1. The van der Waals surface area contributed by atoms with E-state index in [1.54, 1.807) is 31.2 Å². The Hall–Kier alpha value is -7.74. The fraction of sp³-hybridized carbons (Fsp3) is 0.531. The number of nitrogens with zero attached hydrogens (tertiary/aromatic N) is 5. The monoisotopic (exact) mass is 1860 g/mol. The number of ether oxygens (including phenoxy) is 9. The first-order valence-electron chi connectivity index (χ1n) is 46.5. The molecule has 4 aromatic carbocycles. The van der Waals surface area contributed by atoms with Crippen LogP contribution in [0.5, 0.6) is 11.5 Å². The molecule has 12 fully saturated rings. The van der Waals surface area contributed by atoms with Crippen molar-refractivity contribution in [3.05, 3.63) is 218 Å². The molecule has 4 aromatic rings. The zero-order valence-corrected chi connectivity index (χ0v) is 79.8. The summed E-state index contributed by atoms with van der Waals surface area (Å²) in [5.74, 6) is 7.28. The van der Waals surface area contributed by atoms with E-state index in [1.165, 1.54) is 180 Å². The lowest BCUT2D eigenvalue weighted by Crippen LogP contribution is -2.29. The first-order valence-corrected chi connectivity index (χ1v) is 51.3. The van der Waals surface area contributed by atoms with E-state index >= 15 is 0 Å². The van der Waals surface area contributed by atoms with Gasteiger partial charge in [0.1, 0.15) is 26.3 Å². The maximum absolute atomic E-state index is 5.71. The Balaban J connectivity index is 0.000000211. The quantitative estimate of drug-likeness (QED) is 0.0507. The highest BCUT2D eigenvalue weighted by molar-refractivity contribution is 8.77. The number of benzene rings is 4. The van der Waals surface area contributed by atoms with E-state index in [0.717, 1.165) is 199 Å². The summed E-state index contributed by atoms with van der Waals surface area (Å²) in [6, 6.07) is 32.5. The van der Waals surface area contributed by atoms with E-state index in [4.69, 9.17) is 37.9 Å². The predicted octanol–water partition coefficient (Wildman–Crippen LogP) is 16.5. The standard InChI is InChI=1S/C12H9NO.C9H9N.C8H9N.C8H7N.C5H10O.C5H8O.C5H6O.C4H9N.C4H5N.C4H8O.2C3H8N2.C3H6N2.2C3H5NO.C3H7N.C3H6O2.C3H6O.2C3H6S2.C2H5N.C2H4O/c1-3-7-11-9(5-1)13-10-6-2-4-8-12(10)14-11;1-3-7-10-8-4-2-6-9(10)5-1;2*1-2-4-8-7(3-1)5-6-9-8;3*1-2-4-6-5-3-1;3*1-2-4-5-3-1;1-2-5-3-4-1;4*1-2-4-5-3-1;1-2-4-3-1;1-2-5-3-4-1;1-2-4-3-1;1-2-5-3-4-1;1-2-4-5-3-1;2*1-2-3-1/h1-8,13H;1-7H,8H2;1-4,9H,5-6H2;1-4,6H,5H2;1-5H2;2,4H,1,3,5H2;1-4H,5H2;5H,1-4H2;1-3H,4H2;1-4H2;2*4-5H,1-3H2;2,5H,1,3H2;2H,1,3H2;1,3-4H,2H2;4H,1-3H2;1-3H2;1-3H2;2*1-3H2;3H,1-2H2;1-2H2. The number of anilines is 3. The van der Waals surface area contributed by atoms with Gasteiger partial charge in [-0.25, -0.2) is 0 Å². The van der Waals surface area contributed by atoms with Crippen molar-refractivity contribution in [2.24, 2.45) is 20.2 Å². The highest BCUT2D eigenvalue weighted by Crippen LogP contribution is 2.41. The van der Waals surface area contributed by atoms with Gasteiger partial charge in [0.05, 0.1) is 75.7 Å².